The maximum atomic E-state index is 12.2. The maximum absolute atomic E-state index is 12.2. The van der Waals surface area contributed by atoms with Crippen molar-refractivity contribution in [3.63, 3.8) is 0 Å². The number of rotatable bonds is 4. The third kappa shape index (κ3) is 2.74. The van der Waals surface area contributed by atoms with Crippen LogP contribution in [-0.2, 0) is 11.2 Å². The molecule has 0 aromatic heterocycles. The fourth-order valence-electron chi connectivity index (χ4n) is 1.61. The molecule has 0 heterocycles. The molecule has 0 atom stereocenters. The summed E-state index contributed by atoms with van der Waals surface area (Å²) < 4.78 is 33.2. The van der Waals surface area contributed by atoms with Crippen LogP contribution >= 0.6 is 0 Å². The molecule has 96 valence electrons. The molecule has 0 N–H and O–H groups in total. The van der Waals surface area contributed by atoms with Crippen molar-refractivity contribution in [2.45, 2.75) is 20.0 Å². The van der Waals surface area contributed by atoms with Gasteiger partial charge >= 0.3 is 12.6 Å². The van der Waals surface area contributed by atoms with E-state index in [0.717, 1.165) is 6.07 Å². The highest BCUT2D eigenvalue weighted by Crippen LogP contribution is 2.27. The minimum Gasteiger partial charge on any atom is -0.465 e. The van der Waals surface area contributed by atoms with Gasteiger partial charge in [-0.05, 0) is 24.1 Å². The van der Waals surface area contributed by atoms with E-state index in [2.05, 4.69) is 9.47 Å². The predicted molar refractivity (Wildman–Crippen MR) is 58.5 cm³/mol. The average Bonchev–Trinajstić information content (AvgIpc) is 2.36. The van der Waals surface area contributed by atoms with E-state index < -0.39 is 12.6 Å². The molecule has 1 aromatic carbocycles. The Labute approximate surface area is 103 Å². The summed E-state index contributed by atoms with van der Waals surface area (Å²) in [5.41, 5.74) is 0.446. The molecule has 4 nitrogen and oxygen atoms in total. The van der Waals surface area contributed by atoms with Gasteiger partial charge in [0.2, 0.25) is 0 Å². The summed E-state index contributed by atoms with van der Waals surface area (Å²) in [6.07, 6.45) is 0.327. The molecule has 0 aliphatic heterocycles. The number of methoxy groups -OCH3 is 1. The Bertz CT molecular complexity index is 495. The lowest BCUT2D eigenvalue weighted by Crippen LogP contribution is -2.10. The number of esters is 1. The van der Waals surface area contributed by atoms with E-state index in [9.17, 15) is 13.6 Å². The van der Waals surface area contributed by atoms with E-state index in [4.69, 9.17) is 5.26 Å². The van der Waals surface area contributed by atoms with Gasteiger partial charge < -0.3 is 9.47 Å². The van der Waals surface area contributed by atoms with Crippen molar-refractivity contribution in [3.05, 3.63) is 28.8 Å². The van der Waals surface area contributed by atoms with Crippen LogP contribution in [0.25, 0.3) is 0 Å². The predicted octanol–water partition coefficient (Wildman–Crippen LogP) is 2.51. The summed E-state index contributed by atoms with van der Waals surface area (Å²) in [6, 6.07) is 4.25. The Morgan fingerprint density at radius 3 is 2.61 bits per heavy atom. The first-order valence-electron chi connectivity index (χ1n) is 5.14. The van der Waals surface area contributed by atoms with Crippen molar-refractivity contribution in [2.24, 2.45) is 0 Å². The van der Waals surface area contributed by atoms with Gasteiger partial charge in [-0.1, -0.05) is 6.92 Å². The highest BCUT2D eigenvalue weighted by atomic mass is 19.3. The first-order chi connectivity index (χ1) is 8.54. The van der Waals surface area contributed by atoms with Crippen molar-refractivity contribution in [1.82, 2.24) is 0 Å². The van der Waals surface area contributed by atoms with Crippen LogP contribution in [0.15, 0.2) is 12.1 Å². The van der Waals surface area contributed by atoms with Gasteiger partial charge in [-0.2, -0.15) is 14.0 Å². The molecule has 0 aliphatic rings. The van der Waals surface area contributed by atoms with Crippen LogP contribution in [0.2, 0.25) is 0 Å². The Hall–Kier alpha value is -2.16. The topological polar surface area (TPSA) is 59.3 Å². The highest BCUT2D eigenvalue weighted by molar-refractivity contribution is 5.92. The monoisotopic (exact) mass is 255 g/mol. The van der Waals surface area contributed by atoms with Gasteiger partial charge in [-0.15, -0.1) is 0 Å². The molecule has 0 amide bonds. The third-order valence-corrected chi connectivity index (χ3v) is 2.36. The second-order valence-corrected chi connectivity index (χ2v) is 3.30. The summed E-state index contributed by atoms with van der Waals surface area (Å²) in [7, 11) is 1.21. The Morgan fingerprint density at radius 1 is 1.50 bits per heavy atom. The Kier molecular flexibility index (Phi) is 4.60. The number of halogens is 2. The second-order valence-electron chi connectivity index (χ2n) is 3.30. The van der Waals surface area contributed by atoms with Crippen LogP contribution < -0.4 is 4.74 Å². The number of nitrogens with zero attached hydrogens (tertiary/aromatic N) is 1. The van der Waals surface area contributed by atoms with Gasteiger partial charge in [-0.25, -0.2) is 4.79 Å². The van der Waals surface area contributed by atoms with Crippen LogP contribution in [-0.4, -0.2) is 19.7 Å². The summed E-state index contributed by atoms with van der Waals surface area (Å²) >= 11 is 0. The number of benzene rings is 1. The summed E-state index contributed by atoms with van der Waals surface area (Å²) in [5, 5.41) is 9.00. The molecule has 0 spiro atoms. The van der Waals surface area contributed by atoms with Crippen LogP contribution in [0.4, 0.5) is 8.78 Å². The summed E-state index contributed by atoms with van der Waals surface area (Å²) in [4.78, 5) is 11.5. The number of hydrogen-bond acceptors (Lipinski definition) is 4. The van der Waals surface area contributed by atoms with Crippen molar-refractivity contribution in [3.8, 4) is 11.8 Å². The smallest absolute Gasteiger partial charge is 0.387 e. The molecule has 0 aliphatic carbocycles. The summed E-state index contributed by atoms with van der Waals surface area (Å²) in [6.45, 7) is -1.32. The quantitative estimate of drug-likeness (QED) is 0.775. The number of alkyl halides is 2. The lowest BCUT2D eigenvalue weighted by atomic mass is 9.98. The maximum Gasteiger partial charge on any atom is 0.387 e. The first kappa shape index (κ1) is 13.9. The highest BCUT2D eigenvalue weighted by Gasteiger charge is 2.19. The van der Waals surface area contributed by atoms with Crippen LogP contribution in [0.3, 0.4) is 0 Å². The molecular formula is C12H11F2NO3. The first-order valence-corrected chi connectivity index (χ1v) is 5.14. The van der Waals surface area contributed by atoms with Crippen molar-refractivity contribution < 1.29 is 23.0 Å². The summed E-state index contributed by atoms with van der Waals surface area (Å²) in [5.74, 6) is -0.857. The minimum absolute atomic E-state index is 0.0688. The fraction of sp³-hybridized carbons (Fsp3) is 0.333. The van der Waals surface area contributed by atoms with E-state index in [1.165, 1.54) is 13.2 Å². The van der Waals surface area contributed by atoms with Crippen molar-refractivity contribution in [2.75, 3.05) is 7.11 Å². The molecule has 0 bridgehead atoms. The zero-order chi connectivity index (χ0) is 13.7. The zero-order valence-corrected chi connectivity index (χ0v) is 9.87. The third-order valence-electron chi connectivity index (χ3n) is 2.36. The van der Waals surface area contributed by atoms with Gasteiger partial charge in [0.25, 0.3) is 0 Å². The Balaban J connectivity index is 3.37. The molecule has 0 unspecified atom stereocenters. The number of nitriles is 1. The Morgan fingerprint density at radius 2 is 2.17 bits per heavy atom. The average molecular weight is 255 g/mol. The van der Waals surface area contributed by atoms with Crippen LogP contribution in [0.5, 0.6) is 5.75 Å². The second kappa shape index (κ2) is 5.96. The lowest BCUT2D eigenvalue weighted by molar-refractivity contribution is -0.0500. The van der Waals surface area contributed by atoms with Crippen LogP contribution in [0, 0.1) is 11.3 Å². The number of carbonyl (C=O) groups excluding carboxylic acids is 1. The number of ether oxygens (including phenoxy) is 2. The molecule has 0 radical (unpaired) electrons. The van der Waals surface area contributed by atoms with Crippen LogP contribution in [0.1, 0.15) is 28.4 Å². The zero-order valence-electron chi connectivity index (χ0n) is 9.87. The normalized spacial score (nSPS) is 10.0. The molecule has 18 heavy (non-hydrogen) atoms. The van der Waals surface area contributed by atoms with Gasteiger partial charge in [0.1, 0.15) is 11.8 Å². The van der Waals surface area contributed by atoms with Gasteiger partial charge in [0.15, 0.2) is 0 Å². The molecule has 1 rings (SSSR count). The van der Waals surface area contributed by atoms with E-state index in [1.54, 1.807) is 13.0 Å². The van der Waals surface area contributed by atoms with Gasteiger partial charge in [-0.3, -0.25) is 0 Å². The van der Waals surface area contributed by atoms with Gasteiger partial charge in [0.05, 0.1) is 18.2 Å². The molecule has 0 saturated carbocycles. The largest absolute Gasteiger partial charge is 0.465 e. The van der Waals surface area contributed by atoms with E-state index >= 15 is 0 Å². The molecule has 1 aromatic rings. The van der Waals surface area contributed by atoms with E-state index in [0.29, 0.717) is 12.0 Å². The van der Waals surface area contributed by atoms with E-state index in [1.807, 2.05) is 0 Å². The lowest BCUT2D eigenvalue weighted by Gasteiger charge is -2.12. The number of carbonyl (C=O) groups is 1. The van der Waals surface area contributed by atoms with Crippen molar-refractivity contribution in [1.29, 1.82) is 5.26 Å². The van der Waals surface area contributed by atoms with Gasteiger partial charge in [0, 0.05) is 0 Å². The SMILES string of the molecule is CCc1c(C(=O)OC)ccc(OC(F)F)c1C#N. The minimum atomic E-state index is -3.02. The molecule has 0 fully saturated rings. The molecule has 0 saturated heterocycles. The molecular weight excluding hydrogens is 244 g/mol. The van der Waals surface area contributed by atoms with E-state index in [-0.39, 0.29) is 16.9 Å². The standard InChI is InChI=1S/C12H11F2NO3/c1-3-7-8(11(16)17-2)4-5-10(9(7)6-15)18-12(13)14/h4-5,12H,3H2,1-2H3. The van der Waals surface area contributed by atoms with Crippen molar-refractivity contribution >= 4 is 5.97 Å². The number of hydrogen-bond donors (Lipinski definition) is 0. The fourth-order valence-corrected chi connectivity index (χ4v) is 1.61. The molecule has 6 heteroatoms.